The van der Waals surface area contributed by atoms with Crippen LogP contribution in [0.1, 0.15) is 36.2 Å². The molecule has 0 aliphatic carbocycles. The standard InChI is InChI=1S/C15H18ClN3O/c1-9-4-5-12-11(8-9)17-14(10(2)16)19(12)13-6-7-18(3)15(13)20/h4-5,8,10,13H,6-7H2,1-3H3. The Morgan fingerprint density at radius 1 is 1.45 bits per heavy atom. The van der Waals surface area contributed by atoms with E-state index < -0.39 is 0 Å². The predicted octanol–water partition coefficient (Wildman–Crippen LogP) is 3.05. The van der Waals surface area contributed by atoms with Crippen molar-refractivity contribution in [1.82, 2.24) is 14.5 Å². The van der Waals surface area contributed by atoms with E-state index >= 15 is 0 Å². The number of carbonyl (C=O) groups is 1. The average Bonchev–Trinajstić information content (AvgIpc) is 2.91. The summed E-state index contributed by atoms with van der Waals surface area (Å²) in [6, 6.07) is 5.94. The fourth-order valence-electron chi connectivity index (χ4n) is 2.88. The number of halogens is 1. The van der Waals surface area contributed by atoms with Gasteiger partial charge < -0.3 is 9.47 Å². The van der Waals surface area contributed by atoms with Crippen LogP contribution < -0.4 is 0 Å². The Labute approximate surface area is 123 Å². The number of carbonyl (C=O) groups excluding carboxylic acids is 1. The molecule has 5 heteroatoms. The molecule has 1 amide bonds. The van der Waals surface area contributed by atoms with Gasteiger partial charge in [0.2, 0.25) is 5.91 Å². The second-order valence-corrected chi connectivity index (χ2v) is 6.17. The molecule has 0 bridgehead atoms. The van der Waals surface area contributed by atoms with Crippen LogP contribution >= 0.6 is 11.6 Å². The third kappa shape index (κ3) is 1.99. The third-order valence-electron chi connectivity index (χ3n) is 3.94. The van der Waals surface area contributed by atoms with Gasteiger partial charge in [-0.25, -0.2) is 4.98 Å². The number of alkyl halides is 1. The minimum absolute atomic E-state index is 0.142. The van der Waals surface area contributed by atoms with Crippen molar-refractivity contribution in [2.45, 2.75) is 31.7 Å². The number of aromatic nitrogens is 2. The van der Waals surface area contributed by atoms with Gasteiger partial charge >= 0.3 is 0 Å². The van der Waals surface area contributed by atoms with Crippen LogP contribution in [-0.4, -0.2) is 34.0 Å². The summed E-state index contributed by atoms with van der Waals surface area (Å²) in [4.78, 5) is 18.7. The van der Waals surface area contributed by atoms with E-state index in [0.29, 0.717) is 0 Å². The normalized spacial score (nSPS) is 20.9. The maximum absolute atomic E-state index is 12.3. The van der Waals surface area contributed by atoms with Gasteiger partial charge in [-0.05, 0) is 38.0 Å². The first-order valence-corrected chi connectivity index (χ1v) is 7.30. The highest BCUT2D eigenvalue weighted by molar-refractivity contribution is 6.20. The van der Waals surface area contributed by atoms with E-state index in [1.54, 1.807) is 4.90 Å². The summed E-state index contributed by atoms with van der Waals surface area (Å²) in [5, 5.41) is -0.221. The van der Waals surface area contributed by atoms with Gasteiger partial charge in [0.05, 0.1) is 16.4 Å². The SMILES string of the molecule is Cc1ccc2c(c1)nc(C(C)Cl)n2C1CCN(C)C1=O. The molecule has 0 radical (unpaired) electrons. The van der Waals surface area contributed by atoms with Crippen molar-refractivity contribution in [2.75, 3.05) is 13.6 Å². The highest BCUT2D eigenvalue weighted by atomic mass is 35.5. The van der Waals surface area contributed by atoms with Crippen molar-refractivity contribution >= 4 is 28.5 Å². The monoisotopic (exact) mass is 291 g/mol. The maximum Gasteiger partial charge on any atom is 0.245 e. The Bertz CT molecular complexity index is 677. The van der Waals surface area contributed by atoms with Crippen molar-refractivity contribution < 1.29 is 4.79 Å². The number of rotatable bonds is 2. The summed E-state index contributed by atoms with van der Waals surface area (Å²) >= 11 is 6.27. The number of fused-ring (bicyclic) bond motifs is 1. The summed E-state index contributed by atoms with van der Waals surface area (Å²) in [7, 11) is 1.84. The third-order valence-corrected chi connectivity index (χ3v) is 4.13. The zero-order valence-electron chi connectivity index (χ0n) is 11.9. The van der Waals surface area contributed by atoms with Crippen molar-refractivity contribution in [2.24, 2.45) is 0 Å². The van der Waals surface area contributed by atoms with E-state index in [2.05, 4.69) is 4.98 Å². The molecule has 2 aromatic rings. The molecule has 2 heterocycles. The zero-order valence-corrected chi connectivity index (χ0v) is 12.7. The van der Waals surface area contributed by atoms with E-state index in [4.69, 9.17) is 11.6 Å². The molecule has 4 nitrogen and oxygen atoms in total. The Morgan fingerprint density at radius 3 is 2.80 bits per heavy atom. The summed E-state index contributed by atoms with van der Waals surface area (Å²) in [5.41, 5.74) is 3.06. The lowest BCUT2D eigenvalue weighted by Gasteiger charge is -2.16. The minimum Gasteiger partial charge on any atom is -0.344 e. The molecule has 106 valence electrons. The van der Waals surface area contributed by atoms with Gasteiger partial charge in [0, 0.05) is 13.6 Å². The van der Waals surface area contributed by atoms with Gasteiger partial charge in [0.25, 0.3) is 0 Å². The van der Waals surface area contributed by atoms with Crippen LogP contribution in [0.5, 0.6) is 0 Å². The Hall–Kier alpha value is -1.55. The second kappa shape index (κ2) is 4.77. The van der Waals surface area contributed by atoms with E-state index in [-0.39, 0.29) is 17.3 Å². The quantitative estimate of drug-likeness (QED) is 0.798. The number of likely N-dealkylation sites (tertiary alicyclic amines) is 1. The summed E-state index contributed by atoms with van der Waals surface area (Å²) in [6.45, 7) is 4.72. The smallest absolute Gasteiger partial charge is 0.245 e. The zero-order chi connectivity index (χ0) is 14.4. The minimum atomic E-state index is -0.221. The highest BCUT2D eigenvalue weighted by Gasteiger charge is 2.33. The molecular weight excluding hydrogens is 274 g/mol. The van der Waals surface area contributed by atoms with Crippen LogP contribution in [0.4, 0.5) is 0 Å². The van der Waals surface area contributed by atoms with Crippen molar-refractivity contribution in [3.63, 3.8) is 0 Å². The van der Waals surface area contributed by atoms with Crippen LogP contribution in [0.25, 0.3) is 11.0 Å². The number of hydrogen-bond acceptors (Lipinski definition) is 2. The number of nitrogens with zero attached hydrogens (tertiary/aromatic N) is 3. The molecule has 1 aromatic heterocycles. The fraction of sp³-hybridized carbons (Fsp3) is 0.467. The van der Waals surface area contributed by atoms with Gasteiger partial charge in [0.15, 0.2) is 0 Å². The summed E-state index contributed by atoms with van der Waals surface area (Å²) in [5.74, 6) is 0.921. The highest BCUT2D eigenvalue weighted by Crippen LogP contribution is 2.32. The molecule has 1 aromatic carbocycles. The Morgan fingerprint density at radius 2 is 2.20 bits per heavy atom. The number of imidazole rings is 1. The molecule has 0 saturated carbocycles. The first-order chi connectivity index (χ1) is 9.49. The number of benzene rings is 1. The van der Waals surface area contributed by atoms with Gasteiger partial charge in [-0.1, -0.05) is 6.07 Å². The molecule has 1 aliphatic rings. The Kier molecular flexibility index (Phi) is 3.21. The first kappa shape index (κ1) is 13.4. The number of likely N-dealkylation sites (N-methyl/N-ethyl adjacent to an activating group) is 1. The van der Waals surface area contributed by atoms with Crippen LogP contribution in [0.15, 0.2) is 18.2 Å². The lowest BCUT2D eigenvalue weighted by atomic mass is 10.2. The summed E-state index contributed by atoms with van der Waals surface area (Å²) < 4.78 is 2.03. The van der Waals surface area contributed by atoms with Crippen molar-refractivity contribution in [3.05, 3.63) is 29.6 Å². The molecule has 20 heavy (non-hydrogen) atoms. The molecule has 0 N–H and O–H groups in total. The lowest BCUT2D eigenvalue weighted by Crippen LogP contribution is -2.25. The van der Waals surface area contributed by atoms with Crippen LogP contribution in [0, 0.1) is 6.92 Å². The summed E-state index contributed by atoms with van der Waals surface area (Å²) in [6.07, 6.45) is 0.811. The van der Waals surface area contributed by atoms with Gasteiger partial charge in [-0.2, -0.15) is 0 Å². The molecule has 1 aliphatic heterocycles. The number of aryl methyl sites for hydroxylation is 1. The van der Waals surface area contributed by atoms with Crippen LogP contribution in [0.3, 0.4) is 0 Å². The molecular formula is C15H18ClN3O. The van der Waals surface area contributed by atoms with E-state index in [0.717, 1.165) is 35.4 Å². The predicted molar refractivity (Wildman–Crippen MR) is 80.0 cm³/mol. The molecule has 2 unspecified atom stereocenters. The Balaban J connectivity index is 2.22. The van der Waals surface area contributed by atoms with Crippen LogP contribution in [-0.2, 0) is 4.79 Å². The second-order valence-electron chi connectivity index (χ2n) is 5.51. The molecule has 1 saturated heterocycles. The lowest BCUT2D eigenvalue weighted by molar-refractivity contribution is -0.129. The van der Waals surface area contributed by atoms with Gasteiger partial charge in [-0.15, -0.1) is 11.6 Å². The number of amides is 1. The fourth-order valence-corrected chi connectivity index (χ4v) is 3.03. The maximum atomic E-state index is 12.3. The van der Waals surface area contributed by atoms with E-state index in [1.807, 2.05) is 43.7 Å². The first-order valence-electron chi connectivity index (χ1n) is 6.86. The van der Waals surface area contributed by atoms with Crippen LogP contribution in [0.2, 0.25) is 0 Å². The molecule has 2 atom stereocenters. The van der Waals surface area contributed by atoms with Gasteiger partial charge in [-0.3, -0.25) is 4.79 Å². The van der Waals surface area contributed by atoms with Crippen molar-refractivity contribution in [1.29, 1.82) is 0 Å². The van der Waals surface area contributed by atoms with E-state index in [1.165, 1.54) is 0 Å². The van der Waals surface area contributed by atoms with Gasteiger partial charge in [0.1, 0.15) is 11.9 Å². The van der Waals surface area contributed by atoms with E-state index in [9.17, 15) is 4.79 Å². The molecule has 1 fully saturated rings. The molecule has 3 rings (SSSR count). The van der Waals surface area contributed by atoms with Crippen molar-refractivity contribution in [3.8, 4) is 0 Å². The number of hydrogen-bond donors (Lipinski definition) is 0. The largest absolute Gasteiger partial charge is 0.344 e. The average molecular weight is 292 g/mol. The topological polar surface area (TPSA) is 38.1 Å². The molecule has 0 spiro atoms.